The highest BCUT2D eigenvalue weighted by Crippen LogP contribution is 2.26. The van der Waals surface area contributed by atoms with Crippen molar-refractivity contribution < 1.29 is 17.3 Å². The van der Waals surface area contributed by atoms with Crippen LogP contribution in [0.4, 0.5) is 0 Å². The summed E-state index contributed by atoms with van der Waals surface area (Å²) in [5, 5.41) is 0. The molecule has 0 fully saturated rings. The Morgan fingerprint density at radius 3 is 2.68 bits per heavy atom. The van der Waals surface area contributed by atoms with Crippen LogP contribution in [0.2, 0.25) is 0 Å². The number of rotatable bonds is 6. The summed E-state index contributed by atoms with van der Waals surface area (Å²) < 4.78 is 34.4. The summed E-state index contributed by atoms with van der Waals surface area (Å²) in [4.78, 5) is 0. The van der Waals surface area contributed by atoms with Crippen LogP contribution in [0.15, 0.2) is 48.5 Å². The molecular formula is C17H18O4S. The van der Waals surface area contributed by atoms with Gasteiger partial charge in [-0.15, -0.1) is 0 Å². The summed E-state index contributed by atoms with van der Waals surface area (Å²) in [5.74, 6) is 0.840. The van der Waals surface area contributed by atoms with Gasteiger partial charge in [0.15, 0.2) is 0 Å². The van der Waals surface area contributed by atoms with Gasteiger partial charge in [0, 0.05) is 6.42 Å². The summed E-state index contributed by atoms with van der Waals surface area (Å²) in [6, 6.07) is 15.0. The third-order valence-corrected chi connectivity index (χ3v) is 4.81. The Hall–Kier alpha value is -1.85. The van der Waals surface area contributed by atoms with Crippen LogP contribution in [0.5, 0.6) is 5.75 Å². The number of hydrogen-bond donors (Lipinski definition) is 0. The molecule has 116 valence electrons. The van der Waals surface area contributed by atoms with E-state index in [0.717, 1.165) is 29.9 Å². The van der Waals surface area contributed by atoms with Crippen LogP contribution >= 0.6 is 0 Å². The van der Waals surface area contributed by atoms with Crippen molar-refractivity contribution >= 4 is 10.1 Å². The summed E-state index contributed by atoms with van der Waals surface area (Å²) in [6.45, 7) is 0.884. The molecule has 5 heteroatoms. The molecular weight excluding hydrogens is 300 g/mol. The van der Waals surface area contributed by atoms with Crippen LogP contribution in [0.3, 0.4) is 0 Å². The fraction of sp³-hybridized carbons (Fsp3) is 0.294. The van der Waals surface area contributed by atoms with Gasteiger partial charge >= 0.3 is 0 Å². The fourth-order valence-corrected chi connectivity index (χ4v) is 3.52. The Kier molecular flexibility index (Phi) is 4.45. The molecule has 2 aromatic carbocycles. The van der Waals surface area contributed by atoms with Gasteiger partial charge in [-0.3, -0.25) is 4.18 Å². The molecule has 0 atom stereocenters. The van der Waals surface area contributed by atoms with Gasteiger partial charge in [0.2, 0.25) is 0 Å². The molecule has 1 aliphatic rings. The zero-order valence-corrected chi connectivity index (χ0v) is 13.0. The van der Waals surface area contributed by atoms with Gasteiger partial charge in [0.05, 0.1) is 13.2 Å². The van der Waals surface area contributed by atoms with Gasteiger partial charge in [0.25, 0.3) is 10.1 Å². The van der Waals surface area contributed by atoms with Gasteiger partial charge in [0.1, 0.15) is 11.5 Å². The number of hydrogen-bond acceptors (Lipinski definition) is 4. The first kappa shape index (κ1) is 15.1. The molecule has 0 bridgehead atoms. The van der Waals surface area contributed by atoms with Crippen molar-refractivity contribution in [2.24, 2.45) is 0 Å². The molecule has 0 N–H and O–H groups in total. The third kappa shape index (κ3) is 3.87. The van der Waals surface area contributed by atoms with Gasteiger partial charge in [-0.2, -0.15) is 8.42 Å². The number of benzene rings is 2. The minimum atomic E-state index is -3.54. The quantitative estimate of drug-likeness (QED) is 0.769. The van der Waals surface area contributed by atoms with E-state index in [9.17, 15) is 8.42 Å². The van der Waals surface area contributed by atoms with E-state index in [1.807, 2.05) is 30.3 Å². The van der Waals surface area contributed by atoms with Crippen LogP contribution in [-0.4, -0.2) is 21.6 Å². The largest absolute Gasteiger partial charge is 0.493 e. The smallest absolute Gasteiger partial charge is 0.271 e. The third-order valence-electron chi connectivity index (χ3n) is 3.59. The Morgan fingerprint density at radius 2 is 1.86 bits per heavy atom. The van der Waals surface area contributed by atoms with Crippen molar-refractivity contribution in [3.05, 3.63) is 65.2 Å². The molecule has 0 unspecified atom stereocenters. The van der Waals surface area contributed by atoms with E-state index in [0.29, 0.717) is 6.42 Å². The second-order valence-electron chi connectivity index (χ2n) is 5.30. The van der Waals surface area contributed by atoms with Crippen LogP contribution in [-0.2, 0) is 32.9 Å². The maximum atomic E-state index is 11.9. The van der Waals surface area contributed by atoms with Crippen LogP contribution in [0.1, 0.15) is 16.7 Å². The molecule has 3 rings (SSSR count). The molecule has 0 spiro atoms. The highest BCUT2D eigenvalue weighted by molar-refractivity contribution is 7.85. The van der Waals surface area contributed by atoms with Gasteiger partial charge in [-0.25, -0.2) is 0 Å². The van der Waals surface area contributed by atoms with E-state index in [1.54, 1.807) is 12.1 Å². The van der Waals surface area contributed by atoms with Crippen LogP contribution < -0.4 is 4.74 Å². The molecule has 22 heavy (non-hydrogen) atoms. The van der Waals surface area contributed by atoms with E-state index < -0.39 is 10.1 Å². The molecule has 0 radical (unpaired) electrons. The summed E-state index contributed by atoms with van der Waals surface area (Å²) in [5.41, 5.74) is 2.99. The lowest BCUT2D eigenvalue weighted by Gasteiger charge is -2.07. The van der Waals surface area contributed by atoms with Gasteiger partial charge in [-0.1, -0.05) is 42.5 Å². The SMILES string of the molecule is O=S(=O)(Cc1ccccc1)OCCc1ccc2c(c1)CCO2. The van der Waals surface area contributed by atoms with Crippen molar-refractivity contribution in [2.75, 3.05) is 13.2 Å². The standard InChI is InChI=1S/C17H18O4S/c18-22(19,13-15-4-2-1-3-5-15)21-11-8-14-6-7-17-16(12-14)9-10-20-17/h1-7,12H,8-11,13H2. The van der Waals surface area contributed by atoms with Crippen molar-refractivity contribution in [1.82, 2.24) is 0 Å². The first-order chi connectivity index (χ1) is 10.6. The lowest BCUT2D eigenvalue weighted by atomic mass is 10.1. The monoisotopic (exact) mass is 318 g/mol. The van der Waals surface area contributed by atoms with Crippen molar-refractivity contribution in [1.29, 1.82) is 0 Å². The highest BCUT2D eigenvalue weighted by atomic mass is 32.2. The predicted molar refractivity (Wildman–Crippen MR) is 84.4 cm³/mol. The van der Waals surface area contributed by atoms with Gasteiger partial charge < -0.3 is 4.74 Å². The van der Waals surface area contributed by atoms with Gasteiger partial charge in [-0.05, 0) is 29.2 Å². The average molecular weight is 318 g/mol. The normalized spacial score (nSPS) is 13.6. The van der Waals surface area contributed by atoms with E-state index >= 15 is 0 Å². The molecule has 0 saturated carbocycles. The Morgan fingerprint density at radius 1 is 1.05 bits per heavy atom. The highest BCUT2D eigenvalue weighted by Gasteiger charge is 2.14. The molecule has 0 aliphatic carbocycles. The summed E-state index contributed by atoms with van der Waals surface area (Å²) in [7, 11) is -3.54. The topological polar surface area (TPSA) is 52.6 Å². The first-order valence-corrected chi connectivity index (χ1v) is 8.86. The van der Waals surface area contributed by atoms with Crippen molar-refractivity contribution in [2.45, 2.75) is 18.6 Å². The van der Waals surface area contributed by atoms with E-state index in [1.165, 1.54) is 5.56 Å². The molecule has 0 aromatic heterocycles. The van der Waals surface area contributed by atoms with E-state index in [2.05, 4.69) is 6.07 Å². The van der Waals surface area contributed by atoms with E-state index in [4.69, 9.17) is 8.92 Å². The number of fused-ring (bicyclic) bond motifs is 1. The second kappa shape index (κ2) is 6.50. The minimum absolute atomic E-state index is 0.0914. The van der Waals surface area contributed by atoms with Crippen molar-refractivity contribution in [3.63, 3.8) is 0 Å². The Bertz CT molecular complexity index is 739. The zero-order valence-electron chi connectivity index (χ0n) is 12.2. The molecule has 1 aliphatic heterocycles. The Labute approximate surface area is 130 Å². The molecule has 0 saturated heterocycles. The van der Waals surface area contributed by atoms with E-state index in [-0.39, 0.29) is 12.4 Å². The minimum Gasteiger partial charge on any atom is -0.493 e. The second-order valence-corrected chi connectivity index (χ2v) is 6.94. The fourth-order valence-electron chi connectivity index (χ4n) is 2.50. The molecule has 4 nitrogen and oxygen atoms in total. The Balaban J connectivity index is 1.54. The number of ether oxygens (including phenoxy) is 1. The molecule has 0 amide bonds. The first-order valence-electron chi connectivity index (χ1n) is 7.28. The molecule has 2 aromatic rings. The maximum absolute atomic E-state index is 11.9. The van der Waals surface area contributed by atoms with Crippen molar-refractivity contribution in [3.8, 4) is 5.75 Å². The maximum Gasteiger partial charge on any atom is 0.271 e. The molecule has 1 heterocycles. The summed E-state index contributed by atoms with van der Waals surface area (Å²) in [6.07, 6.45) is 1.48. The summed E-state index contributed by atoms with van der Waals surface area (Å²) >= 11 is 0. The predicted octanol–water partition coefficient (Wildman–Crippen LogP) is 2.71. The zero-order chi connectivity index (χ0) is 15.4. The van der Waals surface area contributed by atoms with Crippen LogP contribution in [0, 0.1) is 0 Å². The average Bonchev–Trinajstić information content (AvgIpc) is 2.95. The lowest BCUT2D eigenvalue weighted by molar-refractivity contribution is 0.321. The van der Waals surface area contributed by atoms with Crippen LogP contribution in [0.25, 0.3) is 0 Å². The lowest BCUT2D eigenvalue weighted by Crippen LogP contribution is -2.11.